The summed E-state index contributed by atoms with van der Waals surface area (Å²) in [6, 6.07) is 11.7. The molecule has 0 atom stereocenters. The topological polar surface area (TPSA) is 50.4 Å². The van der Waals surface area contributed by atoms with Gasteiger partial charge in [0.15, 0.2) is 5.11 Å². The number of hydrogen-bond donors (Lipinski definition) is 2. The van der Waals surface area contributed by atoms with E-state index in [9.17, 15) is 9.18 Å². The number of benzene rings is 2. The van der Waals surface area contributed by atoms with Crippen LogP contribution in [0.25, 0.3) is 0 Å². The van der Waals surface area contributed by atoms with Crippen LogP contribution in [0.3, 0.4) is 0 Å². The van der Waals surface area contributed by atoms with Gasteiger partial charge in [0.25, 0.3) is 0 Å². The fraction of sp³-hybridized carbons (Fsp3) is 0.222. The summed E-state index contributed by atoms with van der Waals surface area (Å²) in [5, 5.41) is 6.39. The van der Waals surface area contributed by atoms with Gasteiger partial charge < -0.3 is 15.4 Å². The highest BCUT2D eigenvalue weighted by atomic mass is 32.1. The molecule has 0 saturated heterocycles. The lowest BCUT2D eigenvalue weighted by atomic mass is 10.1. The van der Waals surface area contributed by atoms with E-state index >= 15 is 0 Å². The summed E-state index contributed by atoms with van der Waals surface area (Å²) in [5.41, 5.74) is 2.66. The number of carbonyl (C=O) groups is 1. The summed E-state index contributed by atoms with van der Waals surface area (Å²) in [6.07, 6.45) is 0. The Morgan fingerprint density at radius 1 is 1.25 bits per heavy atom. The summed E-state index contributed by atoms with van der Waals surface area (Å²) in [5.74, 6) is -0.629. The van der Waals surface area contributed by atoms with Gasteiger partial charge in [0.2, 0.25) is 0 Å². The van der Waals surface area contributed by atoms with E-state index in [1.807, 2.05) is 6.92 Å². The average Bonchev–Trinajstić information content (AvgIpc) is 2.56. The smallest absolute Gasteiger partial charge is 0.338 e. The fourth-order valence-corrected chi connectivity index (χ4v) is 2.31. The zero-order valence-electron chi connectivity index (χ0n) is 13.6. The first-order valence-corrected chi connectivity index (χ1v) is 7.98. The van der Waals surface area contributed by atoms with Gasteiger partial charge in [0.1, 0.15) is 5.82 Å². The molecular weight excluding hydrogens is 327 g/mol. The van der Waals surface area contributed by atoms with Crippen LogP contribution in [0.2, 0.25) is 0 Å². The van der Waals surface area contributed by atoms with Crippen molar-refractivity contribution in [2.45, 2.75) is 20.4 Å². The first-order valence-electron chi connectivity index (χ1n) is 7.57. The van der Waals surface area contributed by atoms with Gasteiger partial charge in [0.05, 0.1) is 12.2 Å². The van der Waals surface area contributed by atoms with Gasteiger partial charge in [-0.2, -0.15) is 0 Å². The first kappa shape index (κ1) is 17.9. The van der Waals surface area contributed by atoms with Crippen LogP contribution in [0.4, 0.5) is 10.1 Å². The maximum absolute atomic E-state index is 13.6. The molecule has 2 aromatic rings. The van der Waals surface area contributed by atoms with Gasteiger partial charge in [-0.1, -0.05) is 18.2 Å². The monoisotopic (exact) mass is 346 g/mol. The van der Waals surface area contributed by atoms with Gasteiger partial charge in [-0.25, -0.2) is 9.18 Å². The molecule has 0 bridgehead atoms. The Morgan fingerprint density at radius 3 is 2.67 bits per heavy atom. The predicted molar refractivity (Wildman–Crippen MR) is 96.6 cm³/mol. The maximum Gasteiger partial charge on any atom is 0.338 e. The van der Waals surface area contributed by atoms with Crippen molar-refractivity contribution in [2.75, 3.05) is 11.9 Å². The molecule has 0 unspecified atom stereocenters. The van der Waals surface area contributed by atoms with Crippen molar-refractivity contribution in [3.63, 3.8) is 0 Å². The number of hydrogen-bond acceptors (Lipinski definition) is 3. The molecule has 4 nitrogen and oxygen atoms in total. The van der Waals surface area contributed by atoms with Gasteiger partial charge >= 0.3 is 5.97 Å². The van der Waals surface area contributed by atoms with E-state index in [1.165, 1.54) is 6.07 Å². The Hall–Kier alpha value is -2.47. The number of rotatable bonds is 5. The third kappa shape index (κ3) is 4.76. The van der Waals surface area contributed by atoms with Crippen LogP contribution in [0, 0.1) is 12.7 Å². The lowest BCUT2D eigenvalue weighted by Crippen LogP contribution is -2.28. The molecule has 0 heterocycles. The van der Waals surface area contributed by atoms with Crippen molar-refractivity contribution in [3.8, 4) is 0 Å². The molecule has 0 saturated carbocycles. The summed E-state index contributed by atoms with van der Waals surface area (Å²) in [7, 11) is 0. The Balaban J connectivity index is 1.96. The highest BCUT2D eigenvalue weighted by Gasteiger charge is 2.09. The Morgan fingerprint density at radius 2 is 2.00 bits per heavy atom. The highest BCUT2D eigenvalue weighted by molar-refractivity contribution is 7.80. The minimum Gasteiger partial charge on any atom is -0.462 e. The Labute approximate surface area is 146 Å². The summed E-state index contributed by atoms with van der Waals surface area (Å²) in [6.45, 7) is 4.26. The number of nitrogens with one attached hydrogen (secondary N) is 2. The van der Waals surface area contributed by atoms with E-state index in [0.717, 1.165) is 11.3 Å². The molecule has 0 radical (unpaired) electrons. The molecule has 0 amide bonds. The van der Waals surface area contributed by atoms with E-state index in [-0.39, 0.29) is 11.8 Å². The molecule has 2 aromatic carbocycles. The maximum atomic E-state index is 13.6. The molecule has 24 heavy (non-hydrogen) atoms. The van der Waals surface area contributed by atoms with E-state index in [2.05, 4.69) is 10.6 Å². The number of esters is 1. The van der Waals surface area contributed by atoms with Crippen molar-refractivity contribution >= 4 is 29.0 Å². The molecule has 0 aliphatic heterocycles. The summed E-state index contributed by atoms with van der Waals surface area (Å²) < 4.78 is 18.5. The number of carbonyl (C=O) groups excluding carboxylic acids is 1. The Kier molecular flexibility index (Phi) is 6.26. The molecular formula is C18H19FN2O2S. The lowest BCUT2D eigenvalue weighted by molar-refractivity contribution is 0.0526. The largest absolute Gasteiger partial charge is 0.462 e. The number of halogens is 1. The van der Waals surface area contributed by atoms with Crippen molar-refractivity contribution in [1.29, 1.82) is 0 Å². The molecule has 0 spiro atoms. The standard InChI is InChI=1S/C18H19FN2O2S/c1-3-23-17(22)13-8-9-16(12(2)10-13)21-18(24)20-11-14-6-4-5-7-15(14)19/h4-10H,3,11H2,1-2H3,(H2,20,21,24). The molecule has 6 heteroatoms. The van der Waals surface area contributed by atoms with Crippen LogP contribution < -0.4 is 10.6 Å². The number of anilines is 1. The quantitative estimate of drug-likeness (QED) is 0.637. The molecule has 0 aliphatic carbocycles. The second-order valence-electron chi connectivity index (χ2n) is 5.15. The van der Waals surface area contributed by atoms with Crippen LogP contribution in [0.15, 0.2) is 42.5 Å². The number of thiocarbonyl (C=S) groups is 1. The van der Waals surface area contributed by atoms with Gasteiger partial charge in [-0.05, 0) is 55.9 Å². The minimum atomic E-state index is -0.354. The van der Waals surface area contributed by atoms with Gasteiger partial charge in [-0.3, -0.25) is 0 Å². The zero-order chi connectivity index (χ0) is 17.5. The molecule has 0 fully saturated rings. The molecule has 2 N–H and O–H groups in total. The average molecular weight is 346 g/mol. The normalized spacial score (nSPS) is 10.1. The van der Waals surface area contributed by atoms with Crippen LogP contribution in [0.5, 0.6) is 0 Å². The van der Waals surface area contributed by atoms with Crippen molar-refractivity contribution in [1.82, 2.24) is 5.32 Å². The van der Waals surface area contributed by atoms with Crippen LogP contribution in [-0.2, 0) is 11.3 Å². The van der Waals surface area contributed by atoms with Crippen LogP contribution >= 0.6 is 12.2 Å². The van der Waals surface area contributed by atoms with E-state index < -0.39 is 0 Å². The highest BCUT2D eigenvalue weighted by Crippen LogP contribution is 2.17. The second kappa shape index (κ2) is 8.40. The van der Waals surface area contributed by atoms with E-state index in [1.54, 1.807) is 43.3 Å². The molecule has 126 valence electrons. The third-order valence-corrected chi connectivity index (χ3v) is 3.63. The summed E-state index contributed by atoms with van der Waals surface area (Å²) >= 11 is 5.23. The van der Waals surface area contributed by atoms with Crippen molar-refractivity contribution in [2.24, 2.45) is 0 Å². The van der Waals surface area contributed by atoms with E-state index in [4.69, 9.17) is 17.0 Å². The van der Waals surface area contributed by atoms with Crippen LogP contribution in [0.1, 0.15) is 28.4 Å². The third-order valence-electron chi connectivity index (χ3n) is 3.38. The molecule has 2 rings (SSSR count). The van der Waals surface area contributed by atoms with Gasteiger partial charge in [-0.15, -0.1) is 0 Å². The minimum absolute atomic E-state index is 0.275. The van der Waals surface area contributed by atoms with Crippen molar-refractivity contribution < 1.29 is 13.9 Å². The number of ether oxygens (including phenoxy) is 1. The van der Waals surface area contributed by atoms with E-state index in [0.29, 0.717) is 29.4 Å². The second-order valence-corrected chi connectivity index (χ2v) is 5.56. The van der Waals surface area contributed by atoms with Crippen molar-refractivity contribution in [3.05, 3.63) is 65.0 Å². The van der Waals surface area contributed by atoms with Gasteiger partial charge in [0, 0.05) is 17.8 Å². The fourth-order valence-electron chi connectivity index (χ4n) is 2.13. The summed E-state index contributed by atoms with van der Waals surface area (Å²) in [4.78, 5) is 11.7. The van der Waals surface area contributed by atoms with Crippen LogP contribution in [-0.4, -0.2) is 17.7 Å². The Bertz CT molecular complexity index is 750. The predicted octanol–water partition coefficient (Wildman–Crippen LogP) is 3.80. The lowest BCUT2D eigenvalue weighted by Gasteiger charge is -2.13. The molecule has 0 aliphatic rings. The first-order chi connectivity index (χ1) is 11.5. The molecule has 0 aromatic heterocycles. The number of aryl methyl sites for hydroxylation is 1. The SMILES string of the molecule is CCOC(=O)c1ccc(NC(=S)NCc2ccccc2F)c(C)c1. The zero-order valence-corrected chi connectivity index (χ0v) is 14.4.